The molecule has 2 aromatic carbocycles. The molecule has 0 radical (unpaired) electrons. The molecule has 0 saturated carbocycles. The third kappa shape index (κ3) is 7.55. The number of nitrogens with one attached hydrogen (secondary N) is 1. The Hall–Kier alpha value is -3.88. The molecule has 0 bridgehead atoms. The molecule has 198 valence electrons. The second-order valence-corrected chi connectivity index (χ2v) is 9.24. The number of nitrogens with zero attached hydrogens (tertiary/aromatic N) is 4. The lowest BCUT2D eigenvalue weighted by atomic mass is 9.97. The first-order chi connectivity index (χ1) is 17.9. The fraction of sp³-hybridized carbons (Fsp3) is 0.429. The lowest BCUT2D eigenvalue weighted by Gasteiger charge is -2.18. The van der Waals surface area contributed by atoms with Gasteiger partial charge >= 0.3 is 0 Å². The number of anilines is 1. The van der Waals surface area contributed by atoms with E-state index in [2.05, 4.69) is 47.6 Å². The molecule has 1 aromatic heterocycles. The highest BCUT2D eigenvalue weighted by atomic mass is 16.5. The quantitative estimate of drug-likeness (QED) is 0.316. The molecule has 0 aliphatic heterocycles. The van der Waals surface area contributed by atoms with Gasteiger partial charge in [0.1, 0.15) is 28.9 Å². The topological polar surface area (TPSA) is 100 Å². The molecule has 1 N–H and O–H groups in total. The van der Waals surface area contributed by atoms with Crippen molar-refractivity contribution in [2.24, 2.45) is 5.92 Å². The number of rotatable bonds is 13. The average Bonchev–Trinajstić information content (AvgIpc) is 3.36. The van der Waals surface area contributed by atoms with Gasteiger partial charge in [-0.05, 0) is 49.8 Å². The number of aromatic nitrogens is 4. The maximum absolute atomic E-state index is 13.7. The minimum atomic E-state index is -0.776. The van der Waals surface area contributed by atoms with Crippen LogP contribution in [0.3, 0.4) is 0 Å². The molecule has 0 aliphatic rings. The minimum absolute atomic E-state index is 0.326. The summed E-state index contributed by atoms with van der Waals surface area (Å²) in [5, 5.41) is 16.0. The molecule has 0 aliphatic carbocycles. The molecule has 37 heavy (non-hydrogen) atoms. The van der Waals surface area contributed by atoms with Gasteiger partial charge in [0.2, 0.25) is 5.91 Å². The molecule has 0 fully saturated rings. The largest absolute Gasteiger partial charge is 0.496 e. The summed E-state index contributed by atoms with van der Waals surface area (Å²) in [4.78, 5) is 15.3. The van der Waals surface area contributed by atoms with Gasteiger partial charge in [-0.3, -0.25) is 4.79 Å². The smallest absolute Gasteiger partial charge is 0.240 e. The van der Waals surface area contributed by atoms with Gasteiger partial charge in [-0.15, -0.1) is 10.2 Å². The minimum Gasteiger partial charge on any atom is -0.496 e. The van der Waals surface area contributed by atoms with Crippen LogP contribution in [0.4, 0.5) is 5.69 Å². The first-order valence-corrected chi connectivity index (χ1v) is 12.4. The van der Waals surface area contributed by atoms with E-state index in [0.29, 0.717) is 41.2 Å². The van der Waals surface area contributed by atoms with Gasteiger partial charge in [0.05, 0.1) is 27.9 Å². The van der Waals surface area contributed by atoms with Crippen LogP contribution in [0.5, 0.6) is 17.2 Å². The van der Waals surface area contributed by atoms with Crippen LogP contribution in [0.1, 0.15) is 57.3 Å². The zero-order chi connectivity index (χ0) is 26.8. The van der Waals surface area contributed by atoms with Gasteiger partial charge in [0.15, 0.2) is 5.82 Å². The number of amides is 1. The summed E-state index contributed by atoms with van der Waals surface area (Å²) in [7, 11) is 4.59. The van der Waals surface area contributed by atoms with Gasteiger partial charge in [-0.1, -0.05) is 48.9 Å². The van der Waals surface area contributed by atoms with Gasteiger partial charge in [0, 0.05) is 12.1 Å². The predicted molar refractivity (Wildman–Crippen MR) is 143 cm³/mol. The van der Waals surface area contributed by atoms with Crippen LogP contribution in [0.2, 0.25) is 0 Å². The van der Waals surface area contributed by atoms with Crippen LogP contribution in [0.15, 0.2) is 54.1 Å². The van der Waals surface area contributed by atoms with E-state index in [0.717, 1.165) is 24.8 Å². The first-order valence-electron chi connectivity index (χ1n) is 12.4. The molecule has 1 unspecified atom stereocenters. The number of carbonyl (C=O) groups is 1. The van der Waals surface area contributed by atoms with Crippen molar-refractivity contribution in [1.29, 1.82) is 0 Å². The maximum Gasteiger partial charge on any atom is 0.240 e. The molecule has 9 nitrogen and oxygen atoms in total. The predicted octanol–water partition coefficient (Wildman–Crippen LogP) is 5.24. The molecule has 0 saturated heterocycles. The summed E-state index contributed by atoms with van der Waals surface area (Å²) in [5.74, 6) is 1.11. The third-order valence-electron chi connectivity index (χ3n) is 6.12. The number of methoxy groups -OCH3 is 3. The van der Waals surface area contributed by atoms with E-state index in [4.69, 9.17) is 14.2 Å². The second-order valence-electron chi connectivity index (χ2n) is 9.24. The summed E-state index contributed by atoms with van der Waals surface area (Å²) in [6.07, 6.45) is 5.36. The van der Waals surface area contributed by atoms with Crippen LogP contribution >= 0.6 is 0 Å². The first kappa shape index (κ1) is 27.7. The Labute approximate surface area is 218 Å². The summed E-state index contributed by atoms with van der Waals surface area (Å²) in [6, 6.07) is 12.8. The Kier molecular flexibility index (Phi) is 10.1. The molecular formula is C28H37N5O4. The number of hydrogen-bond donors (Lipinski definition) is 1. The number of aryl methyl sites for hydroxylation is 1. The number of benzene rings is 2. The molecule has 3 rings (SSSR count). The zero-order valence-corrected chi connectivity index (χ0v) is 22.5. The standard InChI is InChI=1S/C28H37N5O4/c1-19(2)11-10-12-20(3)15-16-33-31-27(30-32-33)25(21-13-8-7-9-14-21)28(34)29-26-23(36-5)17-22(35-4)18-24(26)37-6/h7-9,11,13-14,17-18,20,25H,10,12,15-16H2,1-6H3,(H,29,34)/t20-,25?/m0/s1. The molecule has 1 heterocycles. The number of allylic oxidation sites excluding steroid dienone is 2. The van der Waals surface area contributed by atoms with Crippen molar-refractivity contribution in [2.45, 2.75) is 52.5 Å². The Morgan fingerprint density at radius 1 is 1.03 bits per heavy atom. The Morgan fingerprint density at radius 3 is 2.30 bits per heavy atom. The zero-order valence-electron chi connectivity index (χ0n) is 22.5. The van der Waals surface area contributed by atoms with E-state index in [1.54, 1.807) is 24.0 Å². The number of tetrazole rings is 1. The van der Waals surface area contributed by atoms with Gasteiger partial charge in [0.25, 0.3) is 0 Å². The van der Waals surface area contributed by atoms with E-state index in [-0.39, 0.29) is 5.91 Å². The fourth-order valence-corrected chi connectivity index (χ4v) is 3.99. The summed E-state index contributed by atoms with van der Waals surface area (Å²) in [5.41, 5.74) is 2.49. The highest BCUT2D eigenvalue weighted by Gasteiger charge is 2.29. The van der Waals surface area contributed by atoms with Crippen LogP contribution in [-0.2, 0) is 11.3 Å². The van der Waals surface area contributed by atoms with Crippen LogP contribution in [0, 0.1) is 5.92 Å². The molecule has 2 atom stereocenters. The number of hydrogen-bond acceptors (Lipinski definition) is 7. The SMILES string of the molecule is COc1cc(OC)c(NC(=O)C(c2ccccc2)c2nnn(CC[C@@H](C)CCC=C(C)C)n2)c(OC)c1. The molecule has 1 amide bonds. The van der Waals surface area contributed by atoms with E-state index < -0.39 is 5.92 Å². The van der Waals surface area contributed by atoms with Crippen molar-refractivity contribution >= 4 is 11.6 Å². The van der Waals surface area contributed by atoms with E-state index >= 15 is 0 Å². The summed E-state index contributed by atoms with van der Waals surface area (Å²) < 4.78 is 16.3. The Bertz CT molecular complexity index is 1160. The number of ether oxygens (including phenoxy) is 3. The average molecular weight is 508 g/mol. The fourth-order valence-electron chi connectivity index (χ4n) is 3.99. The van der Waals surface area contributed by atoms with Crippen molar-refractivity contribution in [1.82, 2.24) is 20.2 Å². The van der Waals surface area contributed by atoms with Crippen LogP contribution in [-0.4, -0.2) is 47.4 Å². The lowest BCUT2D eigenvalue weighted by Crippen LogP contribution is -2.24. The normalized spacial score (nSPS) is 12.4. The van der Waals surface area contributed by atoms with E-state index in [9.17, 15) is 4.79 Å². The summed E-state index contributed by atoms with van der Waals surface area (Å²) in [6.45, 7) is 7.09. The van der Waals surface area contributed by atoms with Crippen molar-refractivity contribution in [3.63, 3.8) is 0 Å². The van der Waals surface area contributed by atoms with Crippen LogP contribution < -0.4 is 19.5 Å². The monoisotopic (exact) mass is 507 g/mol. The van der Waals surface area contributed by atoms with Crippen molar-refractivity contribution in [2.75, 3.05) is 26.6 Å². The molecule has 0 spiro atoms. The van der Waals surface area contributed by atoms with Crippen molar-refractivity contribution in [3.05, 3.63) is 65.5 Å². The highest BCUT2D eigenvalue weighted by molar-refractivity contribution is 6.00. The van der Waals surface area contributed by atoms with Crippen LogP contribution in [0.25, 0.3) is 0 Å². The van der Waals surface area contributed by atoms with Gasteiger partial charge in [-0.2, -0.15) is 4.80 Å². The van der Waals surface area contributed by atoms with E-state index in [1.165, 1.54) is 19.8 Å². The van der Waals surface area contributed by atoms with Crippen molar-refractivity contribution < 1.29 is 19.0 Å². The number of carbonyl (C=O) groups excluding carboxylic acids is 1. The third-order valence-corrected chi connectivity index (χ3v) is 6.12. The van der Waals surface area contributed by atoms with Gasteiger partial charge in [-0.25, -0.2) is 0 Å². The van der Waals surface area contributed by atoms with Gasteiger partial charge < -0.3 is 19.5 Å². The highest BCUT2D eigenvalue weighted by Crippen LogP contribution is 2.39. The molecule has 3 aromatic rings. The Morgan fingerprint density at radius 2 is 1.70 bits per heavy atom. The Balaban J connectivity index is 1.82. The molecular weight excluding hydrogens is 470 g/mol. The maximum atomic E-state index is 13.7. The molecule has 9 heteroatoms. The second kappa shape index (κ2) is 13.4. The van der Waals surface area contributed by atoms with E-state index in [1.807, 2.05) is 30.3 Å². The van der Waals surface area contributed by atoms with Crippen molar-refractivity contribution in [3.8, 4) is 17.2 Å². The lowest BCUT2D eigenvalue weighted by molar-refractivity contribution is -0.116. The summed E-state index contributed by atoms with van der Waals surface area (Å²) >= 11 is 0.